The Morgan fingerprint density at radius 2 is 1.50 bits per heavy atom. The van der Waals surface area contributed by atoms with Gasteiger partial charge in [-0.1, -0.05) is 76.1 Å². The van der Waals surface area contributed by atoms with Gasteiger partial charge in [0.1, 0.15) is 5.70 Å². The number of imide groups is 1. The Morgan fingerprint density at radius 1 is 0.853 bits per heavy atom. The number of benzene rings is 3. The summed E-state index contributed by atoms with van der Waals surface area (Å²) < 4.78 is 3.29. The molecular formula is C28H24BrN3O2. The van der Waals surface area contributed by atoms with Gasteiger partial charge >= 0.3 is 6.03 Å². The van der Waals surface area contributed by atoms with Crippen molar-refractivity contribution in [2.24, 2.45) is 0 Å². The predicted molar refractivity (Wildman–Crippen MR) is 138 cm³/mol. The van der Waals surface area contributed by atoms with Gasteiger partial charge in [0.15, 0.2) is 0 Å². The zero-order chi connectivity index (χ0) is 23.8. The number of nitrogens with one attached hydrogen (secondary N) is 1. The van der Waals surface area contributed by atoms with E-state index in [1.54, 1.807) is 0 Å². The molecule has 0 atom stereocenters. The van der Waals surface area contributed by atoms with E-state index in [0.29, 0.717) is 12.2 Å². The minimum atomic E-state index is -0.395. The van der Waals surface area contributed by atoms with E-state index in [-0.39, 0.29) is 12.5 Å². The fraction of sp³-hybridized carbons (Fsp3) is 0.143. The summed E-state index contributed by atoms with van der Waals surface area (Å²) in [7, 11) is 0. The van der Waals surface area contributed by atoms with Crippen LogP contribution in [0.2, 0.25) is 0 Å². The van der Waals surface area contributed by atoms with Gasteiger partial charge in [0, 0.05) is 33.2 Å². The summed E-state index contributed by atoms with van der Waals surface area (Å²) in [5, 5.41) is 3.82. The third-order valence-corrected chi connectivity index (χ3v) is 6.77. The lowest BCUT2D eigenvalue weighted by molar-refractivity contribution is -0.123. The maximum absolute atomic E-state index is 13.1. The van der Waals surface area contributed by atoms with Gasteiger partial charge < -0.3 is 9.88 Å². The maximum atomic E-state index is 13.1. The standard InChI is InChI=1S/C28H24BrN3O2/c1-18-7-9-20(10-8-18)17-32-27(33)25(30-28(32)34)15-24-19(2)31(26-6-4-3-5-23(24)26)16-21-11-13-22(29)14-12-21/h3-15H,16-17H2,1-2H3,(H,30,34)/b25-15+. The molecule has 6 heteroatoms. The number of hydrogen-bond donors (Lipinski definition) is 1. The molecule has 1 saturated heterocycles. The lowest BCUT2D eigenvalue weighted by atomic mass is 10.1. The molecule has 1 aliphatic rings. The SMILES string of the molecule is Cc1ccc(CN2C(=O)N/C(=C/c3c(C)n(Cc4ccc(Br)cc4)c4ccccc34)C2=O)cc1. The first-order valence-electron chi connectivity index (χ1n) is 11.1. The van der Waals surface area contributed by atoms with Crippen molar-refractivity contribution in [2.45, 2.75) is 26.9 Å². The second kappa shape index (κ2) is 8.95. The number of para-hydroxylation sites is 1. The second-order valence-electron chi connectivity index (χ2n) is 8.59. The van der Waals surface area contributed by atoms with Crippen molar-refractivity contribution in [1.29, 1.82) is 0 Å². The number of aryl methyl sites for hydroxylation is 1. The summed E-state index contributed by atoms with van der Waals surface area (Å²) in [6, 6.07) is 23.9. The van der Waals surface area contributed by atoms with Crippen LogP contribution in [0.1, 0.15) is 27.9 Å². The van der Waals surface area contributed by atoms with E-state index in [2.05, 4.69) is 57.0 Å². The van der Waals surface area contributed by atoms with E-state index >= 15 is 0 Å². The van der Waals surface area contributed by atoms with Gasteiger partial charge in [0.05, 0.1) is 6.54 Å². The number of fused-ring (bicyclic) bond motifs is 1. The number of halogens is 1. The molecule has 3 aromatic carbocycles. The van der Waals surface area contributed by atoms with Crippen LogP contribution >= 0.6 is 15.9 Å². The van der Waals surface area contributed by atoms with Gasteiger partial charge in [-0.3, -0.25) is 9.69 Å². The minimum absolute atomic E-state index is 0.243. The second-order valence-corrected chi connectivity index (χ2v) is 9.51. The average Bonchev–Trinajstić information content (AvgIpc) is 3.25. The summed E-state index contributed by atoms with van der Waals surface area (Å²) >= 11 is 3.49. The number of hydrogen-bond acceptors (Lipinski definition) is 2. The van der Waals surface area contributed by atoms with Crippen LogP contribution in [0.5, 0.6) is 0 Å². The summed E-state index contributed by atoms with van der Waals surface area (Å²) in [5.41, 5.74) is 6.59. The molecular weight excluding hydrogens is 490 g/mol. The molecule has 3 amide bonds. The van der Waals surface area contributed by atoms with E-state index in [9.17, 15) is 9.59 Å². The van der Waals surface area contributed by atoms with Crippen molar-refractivity contribution in [3.63, 3.8) is 0 Å². The third-order valence-electron chi connectivity index (χ3n) is 6.25. The fourth-order valence-electron chi connectivity index (χ4n) is 4.35. The predicted octanol–water partition coefficient (Wildman–Crippen LogP) is 6.16. The molecule has 1 aliphatic heterocycles. The number of carbonyl (C=O) groups excluding carboxylic acids is 2. The van der Waals surface area contributed by atoms with Crippen LogP contribution in [0.4, 0.5) is 4.79 Å². The summed E-state index contributed by atoms with van der Waals surface area (Å²) in [4.78, 5) is 27.0. The Balaban J connectivity index is 1.49. The van der Waals surface area contributed by atoms with Crippen LogP contribution in [-0.4, -0.2) is 21.4 Å². The first-order chi connectivity index (χ1) is 16.4. The molecule has 0 bridgehead atoms. The number of rotatable bonds is 5. The van der Waals surface area contributed by atoms with Crippen molar-refractivity contribution in [1.82, 2.24) is 14.8 Å². The number of aromatic nitrogens is 1. The van der Waals surface area contributed by atoms with Crippen molar-refractivity contribution in [3.8, 4) is 0 Å². The summed E-state index contributed by atoms with van der Waals surface area (Å²) in [6.45, 7) is 5.01. The van der Waals surface area contributed by atoms with Crippen molar-refractivity contribution in [3.05, 3.63) is 111 Å². The zero-order valence-electron chi connectivity index (χ0n) is 19.0. The lowest BCUT2D eigenvalue weighted by Crippen LogP contribution is -2.30. The van der Waals surface area contributed by atoms with Gasteiger partial charge in [-0.2, -0.15) is 0 Å². The van der Waals surface area contributed by atoms with E-state index < -0.39 is 6.03 Å². The molecule has 0 saturated carbocycles. The molecule has 5 nitrogen and oxygen atoms in total. The lowest BCUT2D eigenvalue weighted by Gasteiger charge is -2.11. The van der Waals surface area contributed by atoms with E-state index in [0.717, 1.165) is 37.8 Å². The van der Waals surface area contributed by atoms with Gasteiger partial charge in [0.25, 0.3) is 5.91 Å². The van der Waals surface area contributed by atoms with Crippen molar-refractivity contribution < 1.29 is 9.59 Å². The molecule has 0 spiro atoms. The molecule has 170 valence electrons. The van der Waals surface area contributed by atoms with Gasteiger partial charge in [0.2, 0.25) is 0 Å². The van der Waals surface area contributed by atoms with Crippen LogP contribution in [0.3, 0.4) is 0 Å². The van der Waals surface area contributed by atoms with E-state index in [1.807, 2.05) is 61.5 Å². The summed E-state index contributed by atoms with van der Waals surface area (Å²) in [5.74, 6) is -0.310. The van der Waals surface area contributed by atoms with E-state index in [4.69, 9.17) is 0 Å². The number of amides is 3. The highest BCUT2D eigenvalue weighted by atomic mass is 79.9. The van der Waals surface area contributed by atoms with Crippen molar-refractivity contribution >= 4 is 44.8 Å². The molecule has 0 radical (unpaired) electrons. The highest BCUT2D eigenvalue weighted by molar-refractivity contribution is 9.10. The quantitative estimate of drug-likeness (QED) is 0.256. The number of urea groups is 1. The maximum Gasteiger partial charge on any atom is 0.329 e. The molecule has 0 aliphatic carbocycles. The normalized spacial score (nSPS) is 14.9. The topological polar surface area (TPSA) is 54.3 Å². The first kappa shape index (κ1) is 22.2. The molecule has 1 N–H and O–H groups in total. The zero-order valence-corrected chi connectivity index (χ0v) is 20.6. The Bertz CT molecular complexity index is 1430. The van der Waals surface area contributed by atoms with E-state index in [1.165, 1.54) is 10.5 Å². The molecule has 4 aromatic rings. The van der Waals surface area contributed by atoms with Gasteiger partial charge in [-0.05, 0) is 49.2 Å². The van der Waals surface area contributed by atoms with Crippen LogP contribution in [0.25, 0.3) is 17.0 Å². The molecule has 1 fully saturated rings. The van der Waals surface area contributed by atoms with Crippen LogP contribution < -0.4 is 5.32 Å². The van der Waals surface area contributed by atoms with Gasteiger partial charge in [-0.25, -0.2) is 4.79 Å². The molecule has 5 rings (SSSR count). The average molecular weight is 514 g/mol. The number of carbonyl (C=O) groups is 2. The van der Waals surface area contributed by atoms with Crippen LogP contribution in [-0.2, 0) is 17.9 Å². The number of nitrogens with zero attached hydrogens (tertiary/aromatic N) is 2. The highest BCUT2D eigenvalue weighted by Crippen LogP contribution is 2.30. The van der Waals surface area contributed by atoms with Gasteiger partial charge in [-0.15, -0.1) is 0 Å². The third kappa shape index (κ3) is 4.17. The Hall–Kier alpha value is -3.64. The van der Waals surface area contributed by atoms with Crippen molar-refractivity contribution in [2.75, 3.05) is 0 Å². The fourth-order valence-corrected chi connectivity index (χ4v) is 4.62. The Labute approximate surface area is 206 Å². The van der Waals surface area contributed by atoms with Crippen LogP contribution in [0, 0.1) is 13.8 Å². The monoisotopic (exact) mass is 513 g/mol. The Kier molecular flexibility index (Phi) is 5.84. The minimum Gasteiger partial charge on any atom is -0.340 e. The Morgan fingerprint density at radius 3 is 2.24 bits per heavy atom. The molecule has 34 heavy (non-hydrogen) atoms. The van der Waals surface area contributed by atoms with Crippen LogP contribution in [0.15, 0.2) is 83.0 Å². The summed E-state index contributed by atoms with van der Waals surface area (Å²) in [6.07, 6.45) is 1.81. The molecule has 1 aromatic heterocycles. The largest absolute Gasteiger partial charge is 0.340 e. The first-order valence-corrected chi connectivity index (χ1v) is 11.9. The molecule has 2 heterocycles. The highest BCUT2D eigenvalue weighted by Gasteiger charge is 2.34. The molecule has 0 unspecified atom stereocenters. The smallest absolute Gasteiger partial charge is 0.329 e.